The zero-order valence-corrected chi connectivity index (χ0v) is 15.9. The van der Waals surface area contributed by atoms with Gasteiger partial charge in [-0.05, 0) is 30.7 Å². The number of Topliss-reactive ketones (excluding diaryl/α,β-unsaturated/α-hetero) is 1. The Labute approximate surface area is 171 Å². The van der Waals surface area contributed by atoms with Gasteiger partial charge in [0.15, 0.2) is 17.3 Å². The number of hydrogen-bond acceptors (Lipinski definition) is 7. The Morgan fingerprint density at radius 3 is 2.87 bits per heavy atom. The third-order valence-corrected chi connectivity index (χ3v) is 5.62. The van der Waals surface area contributed by atoms with E-state index in [9.17, 15) is 4.79 Å². The van der Waals surface area contributed by atoms with Gasteiger partial charge in [-0.1, -0.05) is 12.1 Å². The maximum Gasteiger partial charge on any atom is 0.228 e. The molecule has 3 aromatic heterocycles. The van der Waals surface area contributed by atoms with Crippen molar-refractivity contribution in [2.24, 2.45) is 0 Å². The summed E-state index contributed by atoms with van der Waals surface area (Å²) in [6, 6.07) is 11.1. The average molecular weight is 399 g/mol. The van der Waals surface area contributed by atoms with Crippen molar-refractivity contribution >= 4 is 17.1 Å². The first-order valence-electron chi connectivity index (χ1n) is 9.78. The first-order valence-corrected chi connectivity index (χ1v) is 9.78. The number of nitrogens with zero attached hydrogens (tertiary/aromatic N) is 4. The summed E-state index contributed by atoms with van der Waals surface area (Å²) in [5.41, 5.74) is 9.30. The van der Waals surface area contributed by atoms with Gasteiger partial charge in [-0.15, -0.1) is 5.10 Å². The second-order valence-electron chi connectivity index (χ2n) is 7.42. The van der Waals surface area contributed by atoms with Crippen LogP contribution in [0.5, 0.6) is 5.88 Å². The number of nitrogens with two attached hydrogens (primary N) is 1. The largest absolute Gasteiger partial charge is 0.468 e. The second-order valence-corrected chi connectivity index (χ2v) is 7.42. The Kier molecular flexibility index (Phi) is 3.55. The summed E-state index contributed by atoms with van der Waals surface area (Å²) in [5, 5.41) is 4.57. The molecule has 1 aliphatic heterocycles. The number of benzene rings is 1. The normalized spacial score (nSPS) is 18.3. The first-order chi connectivity index (χ1) is 14.7. The van der Waals surface area contributed by atoms with Crippen LogP contribution in [0.15, 0.2) is 64.7 Å². The lowest BCUT2D eigenvalue weighted by molar-refractivity contribution is -0.116. The summed E-state index contributed by atoms with van der Waals surface area (Å²) < 4.78 is 13.4. The van der Waals surface area contributed by atoms with E-state index in [2.05, 4.69) is 10.1 Å². The van der Waals surface area contributed by atoms with Gasteiger partial charge in [-0.2, -0.15) is 0 Å². The van der Waals surface area contributed by atoms with E-state index in [1.54, 1.807) is 23.2 Å². The van der Waals surface area contributed by atoms with E-state index in [-0.39, 0.29) is 5.78 Å². The van der Waals surface area contributed by atoms with Crippen LogP contribution in [0.1, 0.15) is 36.5 Å². The van der Waals surface area contributed by atoms with E-state index >= 15 is 0 Å². The molecule has 0 saturated carbocycles. The standard InChI is InChI=1S/C22H17N5O3/c23-13-6-2-1-5-12(13)20-25-21-19-18(15-9-4-10-29-15)17-14(28)7-3-8-16(17)30-22(19)24-11-27(21)26-20/h1-2,4-6,9-11,18H,3,7-8,23H2. The lowest BCUT2D eigenvalue weighted by atomic mass is 9.80. The molecule has 1 atom stereocenters. The van der Waals surface area contributed by atoms with Gasteiger partial charge in [0.2, 0.25) is 5.88 Å². The minimum Gasteiger partial charge on any atom is -0.468 e. The third kappa shape index (κ3) is 2.40. The molecule has 0 saturated heterocycles. The van der Waals surface area contributed by atoms with Gasteiger partial charge < -0.3 is 14.9 Å². The summed E-state index contributed by atoms with van der Waals surface area (Å²) in [7, 11) is 0. The van der Waals surface area contributed by atoms with Crippen LogP contribution in [-0.4, -0.2) is 25.4 Å². The summed E-state index contributed by atoms with van der Waals surface area (Å²) in [6.07, 6.45) is 5.13. The van der Waals surface area contributed by atoms with Crippen molar-refractivity contribution in [1.29, 1.82) is 0 Å². The highest BCUT2D eigenvalue weighted by Gasteiger charge is 2.41. The van der Waals surface area contributed by atoms with Crippen LogP contribution >= 0.6 is 0 Å². The number of fused-ring (bicyclic) bond motifs is 3. The third-order valence-electron chi connectivity index (χ3n) is 5.62. The van der Waals surface area contributed by atoms with E-state index in [0.29, 0.717) is 58.5 Å². The quantitative estimate of drug-likeness (QED) is 0.514. The zero-order chi connectivity index (χ0) is 20.2. The summed E-state index contributed by atoms with van der Waals surface area (Å²) in [5.74, 6) is 1.86. The number of aromatic nitrogens is 4. The molecular weight excluding hydrogens is 382 g/mol. The van der Waals surface area contributed by atoms with Crippen LogP contribution in [0.3, 0.4) is 0 Å². The number of ketones is 1. The second kappa shape index (κ2) is 6.28. The fourth-order valence-corrected chi connectivity index (χ4v) is 4.27. The molecule has 1 unspecified atom stereocenters. The first kappa shape index (κ1) is 17.0. The molecule has 1 aliphatic carbocycles. The van der Waals surface area contributed by atoms with Gasteiger partial charge in [-0.25, -0.2) is 14.5 Å². The number of rotatable bonds is 2. The number of anilines is 1. The fourth-order valence-electron chi connectivity index (χ4n) is 4.27. The van der Waals surface area contributed by atoms with Crippen molar-refractivity contribution in [3.63, 3.8) is 0 Å². The van der Waals surface area contributed by atoms with Gasteiger partial charge in [0, 0.05) is 29.7 Å². The van der Waals surface area contributed by atoms with Crippen molar-refractivity contribution in [3.8, 4) is 17.3 Å². The van der Waals surface area contributed by atoms with Crippen molar-refractivity contribution in [2.45, 2.75) is 25.2 Å². The molecule has 0 radical (unpaired) electrons. The Morgan fingerprint density at radius 2 is 2.03 bits per heavy atom. The summed E-state index contributed by atoms with van der Waals surface area (Å²) in [6.45, 7) is 0. The van der Waals surface area contributed by atoms with Crippen LogP contribution in [0, 0.1) is 0 Å². The summed E-state index contributed by atoms with van der Waals surface area (Å²) in [4.78, 5) is 22.1. The van der Waals surface area contributed by atoms with Crippen LogP contribution in [-0.2, 0) is 4.79 Å². The predicted molar refractivity (Wildman–Crippen MR) is 108 cm³/mol. The zero-order valence-electron chi connectivity index (χ0n) is 15.9. The molecule has 4 heterocycles. The van der Waals surface area contributed by atoms with E-state index in [1.807, 2.05) is 30.3 Å². The number of nitrogen functional groups attached to an aromatic ring is 1. The lowest BCUT2D eigenvalue weighted by Gasteiger charge is -2.30. The van der Waals surface area contributed by atoms with Crippen LogP contribution in [0.25, 0.3) is 17.0 Å². The SMILES string of the molecule is Nc1ccccc1-c1nc2c3c(ncn2n1)OC1=C(C(=O)CCC1)C3c1ccco1. The smallest absolute Gasteiger partial charge is 0.228 e. The van der Waals surface area contributed by atoms with Gasteiger partial charge in [0.1, 0.15) is 17.8 Å². The number of carbonyl (C=O) groups is 1. The number of allylic oxidation sites excluding steroid dienone is 2. The molecule has 0 fully saturated rings. The van der Waals surface area contributed by atoms with Crippen LogP contribution in [0.2, 0.25) is 0 Å². The van der Waals surface area contributed by atoms with Gasteiger partial charge >= 0.3 is 0 Å². The van der Waals surface area contributed by atoms with Gasteiger partial charge in [0.25, 0.3) is 0 Å². The molecule has 30 heavy (non-hydrogen) atoms. The fraction of sp³-hybridized carbons (Fsp3) is 0.182. The Morgan fingerprint density at radius 1 is 1.13 bits per heavy atom. The van der Waals surface area contributed by atoms with Gasteiger partial charge in [0.05, 0.1) is 17.7 Å². The van der Waals surface area contributed by atoms with Crippen molar-refractivity contribution in [3.05, 3.63) is 71.6 Å². The Bertz CT molecular complexity index is 1340. The molecule has 0 bridgehead atoms. The molecule has 148 valence electrons. The highest BCUT2D eigenvalue weighted by atomic mass is 16.5. The molecule has 1 aromatic carbocycles. The van der Waals surface area contributed by atoms with E-state index in [1.165, 1.54) is 0 Å². The van der Waals surface area contributed by atoms with Crippen LogP contribution in [0.4, 0.5) is 5.69 Å². The molecule has 0 spiro atoms. The lowest BCUT2D eigenvalue weighted by Crippen LogP contribution is -2.26. The monoisotopic (exact) mass is 399 g/mol. The highest BCUT2D eigenvalue weighted by Crippen LogP contribution is 2.47. The summed E-state index contributed by atoms with van der Waals surface area (Å²) >= 11 is 0. The minimum atomic E-state index is -0.437. The number of carbonyl (C=O) groups excluding carboxylic acids is 1. The number of para-hydroxylation sites is 1. The minimum absolute atomic E-state index is 0.0670. The van der Waals surface area contributed by atoms with Gasteiger partial charge in [-0.3, -0.25) is 4.79 Å². The molecule has 6 rings (SSSR count). The topological polar surface area (TPSA) is 109 Å². The number of furan rings is 1. The highest BCUT2D eigenvalue weighted by molar-refractivity contribution is 5.99. The van der Waals surface area contributed by atoms with E-state index in [4.69, 9.17) is 19.9 Å². The molecule has 8 heteroatoms. The average Bonchev–Trinajstić information content (AvgIpc) is 3.42. The van der Waals surface area contributed by atoms with Crippen molar-refractivity contribution in [2.75, 3.05) is 5.73 Å². The van der Waals surface area contributed by atoms with E-state index < -0.39 is 5.92 Å². The maximum atomic E-state index is 12.9. The number of hydrogen-bond donors (Lipinski definition) is 1. The van der Waals surface area contributed by atoms with E-state index in [0.717, 1.165) is 12.0 Å². The Balaban J connectivity index is 1.62. The van der Waals surface area contributed by atoms with Crippen molar-refractivity contribution < 1.29 is 13.9 Å². The number of ether oxygens (including phenoxy) is 1. The molecule has 4 aromatic rings. The predicted octanol–water partition coefficient (Wildman–Crippen LogP) is 3.50. The molecule has 0 amide bonds. The van der Waals surface area contributed by atoms with Crippen LogP contribution < -0.4 is 10.5 Å². The van der Waals surface area contributed by atoms with Crippen molar-refractivity contribution in [1.82, 2.24) is 19.6 Å². The maximum absolute atomic E-state index is 12.9. The molecular formula is C22H17N5O3. The Hall–Kier alpha value is -3.94. The molecule has 2 aliphatic rings. The molecule has 8 nitrogen and oxygen atoms in total. The molecule has 2 N–H and O–H groups in total.